The number of aryl methyl sites for hydroxylation is 1. The first kappa shape index (κ1) is 13.0. The van der Waals surface area contributed by atoms with Gasteiger partial charge in [-0.15, -0.1) is 12.6 Å². The summed E-state index contributed by atoms with van der Waals surface area (Å²) in [5.74, 6) is 0. The molecular weight excluding hydrogens is 260 g/mol. The maximum absolute atomic E-state index is 4.78. The fraction of sp³-hybridized carbons (Fsp3) is 0.0526. The van der Waals surface area contributed by atoms with Gasteiger partial charge in [0.2, 0.25) is 0 Å². The molecule has 0 aromatic heterocycles. The van der Waals surface area contributed by atoms with E-state index >= 15 is 0 Å². The second-order valence-electron chi connectivity index (χ2n) is 4.94. The van der Waals surface area contributed by atoms with Crippen LogP contribution >= 0.6 is 12.6 Å². The smallest absolute Gasteiger partial charge is 0.0198 e. The molecule has 0 radical (unpaired) electrons. The Hall–Kier alpha value is -1.99. The lowest BCUT2D eigenvalue weighted by atomic mass is 9.96. The summed E-state index contributed by atoms with van der Waals surface area (Å²) in [6.45, 7) is 2.13. The van der Waals surface area contributed by atoms with Crippen molar-refractivity contribution < 1.29 is 0 Å². The highest BCUT2D eigenvalue weighted by Gasteiger charge is 2.09. The highest BCUT2D eigenvalue weighted by molar-refractivity contribution is 7.80. The van der Waals surface area contributed by atoms with Gasteiger partial charge >= 0.3 is 0 Å². The van der Waals surface area contributed by atoms with Crippen LogP contribution in [0.1, 0.15) is 5.56 Å². The zero-order chi connectivity index (χ0) is 13.9. The van der Waals surface area contributed by atoms with Crippen molar-refractivity contribution in [3.63, 3.8) is 0 Å². The van der Waals surface area contributed by atoms with Crippen LogP contribution in [-0.4, -0.2) is 0 Å². The van der Waals surface area contributed by atoms with E-state index in [1.807, 2.05) is 12.1 Å². The Kier molecular flexibility index (Phi) is 3.62. The molecular formula is C19H16S. The molecule has 98 valence electrons. The fourth-order valence-corrected chi connectivity index (χ4v) is 2.84. The standard InChI is InChI=1S/C19H16S/c1-14-12-17(15-8-4-2-5-9-15)19(20)18(13-14)16-10-6-3-7-11-16/h2-13,20H,1H3. The lowest BCUT2D eigenvalue weighted by Crippen LogP contribution is -1.88. The minimum atomic E-state index is 1.04. The first-order valence-corrected chi connectivity index (χ1v) is 7.15. The molecule has 0 saturated carbocycles. The molecule has 0 atom stereocenters. The third-order valence-corrected chi connectivity index (χ3v) is 3.91. The van der Waals surface area contributed by atoms with E-state index in [9.17, 15) is 0 Å². The molecule has 20 heavy (non-hydrogen) atoms. The van der Waals surface area contributed by atoms with E-state index in [0.717, 1.165) is 4.90 Å². The second-order valence-corrected chi connectivity index (χ2v) is 5.39. The first-order chi connectivity index (χ1) is 9.75. The van der Waals surface area contributed by atoms with Gasteiger partial charge in [-0.25, -0.2) is 0 Å². The van der Waals surface area contributed by atoms with E-state index in [-0.39, 0.29) is 0 Å². The Morgan fingerprint density at radius 1 is 0.650 bits per heavy atom. The van der Waals surface area contributed by atoms with Gasteiger partial charge in [-0.3, -0.25) is 0 Å². The molecule has 0 bridgehead atoms. The van der Waals surface area contributed by atoms with Gasteiger partial charge in [0.15, 0.2) is 0 Å². The van der Waals surface area contributed by atoms with Gasteiger partial charge in [0.1, 0.15) is 0 Å². The Balaban J connectivity index is 2.22. The van der Waals surface area contributed by atoms with Crippen molar-refractivity contribution >= 4 is 12.6 Å². The molecule has 0 spiro atoms. The predicted molar refractivity (Wildman–Crippen MR) is 89.3 cm³/mol. The number of benzene rings is 3. The molecule has 0 amide bonds. The van der Waals surface area contributed by atoms with E-state index in [1.54, 1.807) is 0 Å². The van der Waals surface area contributed by atoms with Gasteiger partial charge in [-0.05, 0) is 34.7 Å². The minimum Gasteiger partial charge on any atom is -0.142 e. The summed E-state index contributed by atoms with van der Waals surface area (Å²) in [5, 5.41) is 0. The van der Waals surface area contributed by atoms with Gasteiger partial charge in [0.05, 0.1) is 0 Å². The molecule has 0 nitrogen and oxygen atoms in total. The van der Waals surface area contributed by atoms with E-state index in [4.69, 9.17) is 12.6 Å². The van der Waals surface area contributed by atoms with Crippen LogP contribution < -0.4 is 0 Å². The van der Waals surface area contributed by atoms with E-state index < -0.39 is 0 Å². The molecule has 0 N–H and O–H groups in total. The Morgan fingerprint density at radius 2 is 1.05 bits per heavy atom. The zero-order valence-corrected chi connectivity index (χ0v) is 12.3. The first-order valence-electron chi connectivity index (χ1n) is 6.70. The summed E-state index contributed by atoms with van der Waals surface area (Å²) in [4.78, 5) is 1.04. The van der Waals surface area contributed by atoms with Crippen LogP contribution in [0.3, 0.4) is 0 Å². The normalized spacial score (nSPS) is 10.5. The molecule has 0 heterocycles. The van der Waals surface area contributed by atoms with Gasteiger partial charge in [0, 0.05) is 4.90 Å². The van der Waals surface area contributed by atoms with E-state index in [2.05, 4.69) is 67.6 Å². The van der Waals surface area contributed by atoms with Crippen molar-refractivity contribution in [3.8, 4) is 22.3 Å². The summed E-state index contributed by atoms with van der Waals surface area (Å²) in [6.07, 6.45) is 0. The zero-order valence-electron chi connectivity index (χ0n) is 11.4. The summed E-state index contributed by atoms with van der Waals surface area (Å²) < 4.78 is 0. The molecule has 0 aliphatic heterocycles. The molecule has 3 rings (SSSR count). The van der Waals surface area contributed by atoms with Crippen LogP contribution in [0.2, 0.25) is 0 Å². The van der Waals surface area contributed by atoms with Gasteiger partial charge in [0.25, 0.3) is 0 Å². The highest BCUT2D eigenvalue weighted by atomic mass is 32.1. The van der Waals surface area contributed by atoms with E-state index in [1.165, 1.54) is 27.8 Å². The topological polar surface area (TPSA) is 0 Å². The molecule has 0 aliphatic carbocycles. The van der Waals surface area contributed by atoms with Crippen LogP contribution in [0.4, 0.5) is 0 Å². The number of rotatable bonds is 2. The number of hydrogen-bond acceptors (Lipinski definition) is 1. The summed E-state index contributed by atoms with van der Waals surface area (Å²) in [7, 11) is 0. The number of hydrogen-bond donors (Lipinski definition) is 1. The largest absolute Gasteiger partial charge is 0.142 e. The van der Waals surface area contributed by atoms with Gasteiger partial charge < -0.3 is 0 Å². The lowest BCUT2D eigenvalue weighted by Gasteiger charge is -2.13. The molecule has 0 fully saturated rings. The summed E-state index contributed by atoms with van der Waals surface area (Å²) in [5.41, 5.74) is 6.04. The predicted octanol–water partition coefficient (Wildman–Crippen LogP) is 5.62. The van der Waals surface area contributed by atoms with E-state index in [0.29, 0.717) is 0 Å². The summed E-state index contributed by atoms with van der Waals surface area (Å²) in [6, 6.07) is 25.2. The molecule has 0 aliphatic rings. The molecule has 0 saturated heterocycles. The van der Waals surface area contributed by atoms with Crippen LogP contribution in [0.5, 0.6) is 0 Å². The maximum Gasteiger partial charge on any atom is 0.0198 e. The molecule has 0 unspecified atom stereocenters. The quantitative estimate of drug-likeness (QED) is 0.577. The Labute approximate surface area is 125 Å². The fourth-order valence-electron chi connectivity index (χ4n) is 2.45. The minimum absolute atomic E-state index is 1.04. The highest BCUT2D eigenvalue weighted by Crippen LogP contribution is 2.36. The Bertz CT molecular complexity index is 655. The van der Waals surface area contributed by atoms with Crippen molar-refractivity contribution in [2.45, 2.75) is 11.8 Å². The van der Waals surface area contributed by atoms with Gasteiger partial charge in [-0.1, -0.05) is 72.8 Å². The summed E-state index contributed by atoms with van der Waals surface area (Å²) >= 11 is 4.78. The molecule has 3 aromatic carbocycles. The third-order valence-electron chi connectivity index (χ3n) is 3.42. The third kappa shape index (κ3) is 2.50. The maximum atomic E-state index is 4.78. The van der Waals surface area contributed by atoms with Crippen LogP contribution in [0.15, 0.2) is 77.7 Å². The average molecular weight is 276 g/mol. The SMILES string of the molecule is Cc1cc(-c2ccccc2)c(S)c(-c2ccccc2)c1. The van der Waals surface area contributed by atoms with Crippen LogP contribution in [0, 0.1) is 6.92 Å². The van der Waals surface area contributed by atoms with Crippen molar-refractivity contribution in [2.24, 2.45) is 0 Å². The lowest BCUT2D eigenvalue weighted by molar-refractivity contribution is 1.37. The van der Waals surface area contributed by atoms with Crippen molar-refractivity contribution in [1.82, 2.24) is 0 Å². The monoisotopic (exact) mass is 276 g/mol. The van der Waals surface area contributed by atoms with Crippen molar-refractivity contribution in [2.75, 3.05) is 0 Å². The molecule has 1 heteroatoms. The van der Waals surface area contributed by atoms with Crippen LogP contribution in [0.25, 0.3) is 22.3 Å². The van der Waals surface area contributed by atoms with Crippen molar-refractivity contribution in [3.05, 3.63) is 78.4 Å². The Morgan fingerprint density at radius 3 is 1.45 bits per heavy atom. The average Bonchev–Trinajstić information content (AvgIpc) is 2.51. The number of thiol groups is 1. The van der Waals surface area contributed by atoms with Crippen molar-refractivity contribution in [1.29, 1.82) is 0 Å². The second kappa shape index (κ2) is 5.56. The van der Waals surface area contributed by atoms with Crippen LogP contribution in [-0.2, 0) is 0 Å². The molecule has 3 aromatic rings. The van der Waals surface area contributed by atoms with Gasteiger partial charge in [-0.2, -0.15) is 0 Å².